The van der Waals surface area contributed by atoms with E-state index in [-0.39, 0.29) is 31.0 Å². The summed E-state index contributed by atoms with van der Waals surface area (Å²) in [7, 11) is -3.62. The highest BCUT2D eigenvalue weighted by Crippen LogP contribution is 2.05. The van der Waals surface area contributed by atoms with Crippen LogP contribution in [0.25, 0.3) is 0 Å². The normalized spacial score (nSPS) is 13.1. The molecule has 0 aliphatic rings. The number of sulfonamides is 1. The summed E-state index contributed by atoms with van der Waals surface area (Å²) in [6, 6.07) is 4.49. The Kier molecular flexibility index (Phi) is 10.1. The highest BCUT2D eigenvalue weighted by Gasteiger charge is 2.26. The van der Waals surface area contributed by atoms with Crippen molar-refractivity contribution in [1.29, 1.82) is 5.41 Å². The van der Waals surface area contributed by atoms with Crippen molar-refractivity contribution in [1.82, 2.24) is 15.4 Å². The molecule has 31 heavy (non-hydrogen) atoms. The first-order chi connectivity index (χ1) is 14.4. The van der Waals surface area contributed by atoms with E-state index in [0.29, 0.717) is 12.0 Å². The third-order valence-corrected chi connectivity index (χ3v) is 5.92. The Morgan fingerprint density at radius 3 is 2.23 bits per heavy atom. The maximum atomic E-state index is 12.6. The van der Waals surface area contributed by atoms with E-state index in [9.17, 15) is 22.8 Å². The summed E-state index contributed by atoms with van der Waals surface area (Å²) < 4.78 is 26.0. The Balaban J connectivity index is 2.77. The smallest absolute Gasteiger partial charge is 0.242 e. The van der Waals surface area contributed by atoms with Gasteiger partial charge >= 0.3 is 0 Å². The van der Waals surface area contributed by atoms with Gasteiger partial charge in [-0.15, -0.1) is 0 Å². The predicted octanol–water partition coefficient (Wildman–Crippen LogP) is -0.945. The van der Waals surface area contributed by atoms with E-state index in [0.717, 1.165) is 5.56 Å². The number of rotatable bonds is 13. The number of benzene rings is 1. The van der Waals surface area contributed by atoms with Gasteiger partial charge in [-0.3, -0.25) is 19.8 Å². The number of hydrogen-bond acceptors (Lipinski definition) is 6. The summed E-state index contributed by atoms with van der Waals surface area (Å²) in [6.45, 7) is 3.20. The molecule has 1 aromatic carbocycles. The summed E-state index contributed by atoms with van der Waals surface area (Å²) in [5, 5.41) is 12.5. The van der Waals surface area contributed by atoms with Crippen molar-refractivity contribution in [3.05, 3.63) is 35.4 Å². The van der Waals surface area contributed by atoms with E-state index in [4.69, 9.17) is 16.9 Å². The molecule has 0 fully saturated rings. The van der Waals surface area contributed by atoms with Crippen LogP contribution in [0.15, 0.2) is 24.3 Å². The topological polar surface area (TPSA) is 197 Å². The molecule has 0 aliphatic heterocycles. The van der Waals surface area contributed by atoms with Crippen LogP contribution in [0.1, 0.15) is 44.2 Å². The number of carbonyl (C=O) groups excluding carboxylic acids is 3. The van der Waals surface area contributed by atoms with Gasteiger partial charge in [0, 0.05) is 18.5 Å². The average molecular weight is 455 g/mol. The fraction of sp³-hybridized carbons (Fsp3) is 0.474. The molecule has 172 valence electrons. The standard InChI is InChI=1S/C19H30N6O5S/c1-3-10-31(29,30)25-12(2)18(27)24-15(8-9-16(20)26)19(28)23-11-13-4-6-14(7-5-13)17(21)22/h4-7,12,15,25H,3,8-11H2,1-2H3,(H2,20,26)(H3,21,22)(H,23,28)(H,24,27). The monoisotopic (exact) mass is 454 g/mol. The first kappa shape index (κ1) is 26.0. The number of hydrogen-bond donors (Lipinski definition) is 6. The zero-order valence-corrected chi connectivity index (χ0v) is 18.4. The van der Waals surface area contributed by atoms with Gasteiger partial charge in [-0.05, 0) is 25.3 Å². The van der Waals surface area contributed by atoms with Crippen molar-refractivity contribution in [2.75, 3.05) is 5.75 Å². The zero-order chi connectivity index (χ0) is 23.6. The summed E-state index contributed by atoms with van der Waals surface area (Å²) >= 11 is 0. The van der Waals surface area contributed by atoms with Crippen LogP contribution in [0.5, 0.6) is 0 Å². The number of nitrogens with two attached hydrogens (primary N) is 2. The van der Waals surface area contributed by atoms with Crippen LogP contribution in [0.2, 0.25) is 0 Å². The fourth-order valence-corrected chi connectivity index (χ4v) is 3.92. The SMILES string of the molecule is CCCS(=O)(=O)NC(C)C(=O)NC(CCC(N)=O)C(=O)NCc1ccc(C(=N)N)cc1. The summed E-state index contributed by atoms with van der Waals surface area (Å²) in [5.74, 6) is -2.08. The third kappa shape index (κ3) is 9.57. The van der Waals surface area contributed by atoms with E-state index in [1.807, 2.05) is 0 Å². The Morgan fingerprint density at radius 2 is 1.71 bits per heavy atom. The van der Waals surface area contributed by atoms with E-state index >= 15 is 0 Å². The largest absolute Gasteiger partial charge is 0.384 e. The molecule has 2 unspecified atom stereocenters. The lowest BCUT2D eigenvalue weighted by Gasteiger charge is -2.21. The molecular weight excluding hydrogens is 424 g/mol. The number of carbonyl (C=O) groups is 3. The number of nitrogens with one attached hydrogen (secondary N) is 4. The van der Waals surface area contributed by atoms with Gasteiger partial charge in [0.1, 0.15) is 11.9 Å². The van der Waals surface area contributed by atoms with Crippen LogP contribution < -0.4 is 26.8 Å². The second-order valence-electron chi connectivity index (χ2n) is 7.05. The Hall–Kier alpha value is -2.99. The molecule has 1 aromatic rings. The minimum atomic E-state index is -3.62. The highest BCUT2D eigenvalue weighted by atomic mass is 32.2. The number of nitrogen functional groups attached to an aromatic ring is 1. The molecule has 12 heteroatoms. The van der Waals surface area contributed by atoms with Gasteiger partial charge < -0.3 is 22.1 Å². The van der Waals surface area contributed by atoms with Gasteiger partial charge in [0.25, 0.3) is 0 Å². The second kappa shape index (κ2) is 12.0. The Morgan fingerprint density at radius 1 is 1.10 bits per heavy atom. The van der Waals surface area contributed by atoms with Gasteiger partial charge in [0.05, 0.1) is 11.8 Å². The van der Waals surface area contributed by atoms with Crippen LogP contribution >= 0.6 is 0 Å². The van der Waals surface area contributed by atoms with E-state index in [1.54, 1.807) is 31.2 Å². The molecule has 0 bridgehead atoms. The molecule has 3 amide bonds. The van der Waals surface area contributed by atoms with Gasteiger partial charge in [-0.2, -0.15) is 0 Å². The van der Waals surface area contributed by atoms with Crippen molar-refractivity contribution in [3.8, 4) is 0 Å². The quantitative estimate of drug-likeness (QED) is 0.164. The molecule has 1 rings (SSSR count). The van der Waals surface area contributed by atoms with Gasteiger partial charge in [-0.25, -0.2) is 13.1 Å². The number of amides is 3. The first-order valence-corrected chi connectivity index (χ1v) is 11.4. The molecule has 0 radical (unpaired) electrons. The molecule has 0 saturated carbocycles. The van der Waals surface area contributed by atoms with E-state index in [1.165, 1.54) is 6.92 Å². The highest BCUT2D eigenvalue weighted by molar-refractivity contribution is 7.89. The lowest BCUT2D eigenvalue weighted by Crippen LogP contribution is -2.53. The second-order valence-corrected chi connectivity index (χ2v) is 8.93. The summed E-state index contributed by atoms with van der Waals surface area (Å²) in [5.41, 5.74) is 11.8. The van der Waals surface area contributed by atoms with Crippen molar-refractivity contribution in [2.24, 2.45) is 11.5 Å². The van der Waals surface area contributed by atoms with Crippen molar-refractivity contribution in [3.63, 3.8) is 0 Å². The molecule has 0 saturated heterocycles. The molecule has 0 aliphatic carbocycles. The fourth-order valence-electron chi connectivity index (χ4n) is 2.62. The summed E-state index contributed by atoms with van der Waals surface area (Å²) in [4.78, 5) is 36.1. The molecule has 0 aromatic heterocycles. The predicted molar refractivity (Wildman–Crippen MR) is 116 cm³/mol. The number of amidine groups is 1. The molecule has 8 N–H and O–H groups in total. The van der Waals surface area contributed by atoms with Crippen molar-refractivity contribution >= 4 is 33.6 Å². The van der Waals surface area contributed by atoms with Crippen LogP contribution in [0.3, 0.4) is 0 Å². The Bertz CT molecular complexity index is 901. The van der Waals surface area contributed by atoms with Crippen LogP contribution in [-0.2, 0) is 31.0 Å². The van der Waals surface area contributed by atoms with Crippen molar-refractivity contribution in [2.45, 2.75) is 51.7 Å². The summed E-state index contributed by atoms with van der Waals surface area (Å²) in [6.07, 6.45) is 0.215. The van der Waals surface area contributed by atoms with Gasteiger partial charge in [0.2, 0.25) is 27.7 Å². The van der Waals surface area contributed by atoms with Gasteiger partial charge in [0.15, 0.2) is 0 Å². The first-order valence-electron chi connectivity index (χ1n) is 9.75. The Labute approximate surface area is 181 Å². The molecule has 2 atom stereocenters. The third-order valence-electron chi connectivity index (χ3n) is 4.27. The van der Waals surface area contributed by atoms with Crippen LogP contribution in [0.4, 0.5) is 0 Å². The van der Waals surface area contributed by atoms with Crippen molar-refractivity contribution < 1.29 is 22.8 Å². The van der Waals surface area contributed by atoms with Crippen LogP contribution in [-0.4, -0.2) is 49.8 Å². The molecule has 0 spiro atoms. The van der Waals surface area contributed by atoms with E-state index in [2.05, 4.69) is 15.4 Å². The van der Waals surface area contributed by atoms with Crippen LogP contribution in [0, 0.1) is 5.41 Å². The lowest BCUT2D eigenvalue weighted by molar-refractivity contribution is -0.130. The lowest BCUT2D eigenvalue weighted by atomic mass is 10.1. The minimum Gasteiger partial charge on any atom is -0.384 e. The van der Waals surface area contributed by atoms with E-state index < -0.39 is 39.8 Å². The number of primary amides is 1. The average Bonchev–Trinajstić information content (AvgIpc) is 2.68. The maximum Gasteiger partial charge on any atom is 0.242 e. The minimum absolute atomic E-state index is 0.0371. The molecular formula is C19H30N6O5S. The molecule has 0 heterocycles. The maximum absolute atomic E-state index is 12.6. The van der Waals surface area contributed by atoms with Gasteiger partial charge in [-0.1, -0.05) is 31.2 Å². The molecule has 11 nitrogen and oxygen atoms in total. The zero-order valence-electron chi connectivity index (χ0n) is 17.6.